The number of rotatable bonds is 3. The van der Waals surface area contributed by atoms with Crippen LogP contribution in [-0.4, -0.2) is 25.0 Å². The van der Waals surface area contributed by atoms with Crippen molar-refractivity contribution in [1.29, 1.82) is 0 Å². The van der Waals surface area contributed by atoms with Crippen molar-refractivity contribution in [3.63, 3.8) is 0 Å². The molecule has 0 saturated heterocycles. The van der Waals surface area contributed by atoms with Crippen LogP contribution in [0.2, 0.25) is 0 Å². The lowest BCUT2D eigenvalue weighted by Crippen LogP contribution is -2.00. The third-order valence-corrected chi connectivity index (χ3v) is 2.53. The second-order valence-corrected chi connectivity index (χ2v) is 3.99. The van der Waals surface area contributed by atoms with E-state index in [2.05, 4.69) is 20.3 Å². The molecule has 0 amide bonds. The maximum absolute atomic E-state index is 5.58. The predicted molar refractivity (Wildman–Crippen MR) is 63.6 cm³/mol. The molecule has 3 aromatic heterocycles. The van der Waals surface area contributed by atoms with Crippen LogP contribution < -0.4 is 5.73 Å². The molecule has 3 rings (SSSR count). The highest BCUT2D eigenvalue weighted by atomic mass is 16.3. The quantitative estimate of drug-likeness (QED) is 0.726. The zero-order valence-electron chi connectivity index (χ0n) is 9.87. The van der Waals surface area contributed by atoms with Crippen LogP contribution in [0.1, 0.15) is 17.3 Å². The second-order valence-electron chi connectivity index (χ2n) is 3.99. The Morgan fingerprint density at radius 3 is 3.00 bits per heavy atom. The molecule has 2 N–H and O–H groups in total. The van der Waals surface area contributed by atoms with Gasteiger partial charge in [0.1, 0.15) is 6.54 Å². The van der Waals surface area contributed by atoms with Gasteiger partial charge in [-0.15, -0.1) is 5.10 Å². The van der Waals surface area contributed by atoms with E-state index in [0.29, 0.717) is 30.2 Å². The minimum atomic E-state index is 0.369. The van der Waals surface area contributed by atoms with E-state index in [1.54, 1.807) is 10.9 Å². The number of fused-ring (bicyclic) bond motifs is 1. The average Bonchev–Trinajstić information content (AvgIpc) is 2.95. The Bertz CT molecular complexity index is 686. The molecule has 0 spiro atoms. The fraction of sp³-hybridized carbons (Fsp3) is 0.273. The van der Waals surface area contributed by atoms with Crippen molar-refractivity contribution in [3.05, 3.63) is 35.6 Å². The smallest absolute Gasteiger partial charge is 0.218 e. The van der Waals surface area contributed by atoms with Gasteiger partial charge in [-0.25, -0.2) is 9.67 Å². The van der Waals surface area contributed by atoms with E-state index >= 15 is 0 Å². The van der Waals surface area contributed by atoms with Crippen LogP contribution >= 0.6 is 0 Å². The summed E-state index contributed by atoms with van der Waals surface area (Å²) in [6.45, 7) is 2.70. The van der Waals surface area contributed by atoms with Gasteiger partial charge < -0.3 is 10.2 Å². The predicted octanol–water partition coefficient (Wildman–Crippen LogP) is 0.630. The molecule has 92 valence electrons. The van der Waals surface area contributed by atoms with E-state index < -0.39 is 0 Å². The zero-order chi connectivity index (χ0) is 12.5. The first-order chi connectivity index (χ1) is 8.74. The molecule has 0 bridgehead atoms. The topological polar surface area (TPSA) is 95.7 Å². The Kier molecular flexibility index (Phi) is 2.52. The molecule has 0 atom stereocenters. The van der Waals surface area contributed by atoms with Gasteiger partial charge in [0.25, 0.3) is 0 Å². The third-order valence-electron chi connectivity index (χ3n) is 2.53. The molecule has 7 heteroatoms. The molecule has 3 aromatic rings. The van der Waals surface area contributed by atoms with Crippen molar-refractivity contribution < 1.29 is 4.42 Å². The molecule has 0 saturated carbocycles. The molecule has 0 unspecified atom stereocenters. The van der Waals surface area contributed by atoms with Crippen molar-refractivity contribution in [2.75, 3.05) is 0 Å². The number of oxazole rings is 1. The van der Waals surface area contributed by atoms with Gasteiger partial charge >= 0.3 is 0 Å². The molecule has 0 aromatic carbocycles. The number of aryl methyl sites for hydroxylation is 1. The number of aromatic nitrogens is 5. The number of pyridine rings is 1. The van der Waals surface area contributed by atoms with Gasteiger partial charge in [-0.1, -0.05) is 5.21 Å². The summed E-state index contributed by atoms with van der Waals surface area (Å²) < 4.78 is 7.22. The molecule has 3 heterocycles. The van der Waals surface area contributed by atoms with Crippen LogP contribution in [0, 0.1) is 6.92 Å². The highest BCUT2D eigenvalue weighted by molar-refractivity contribution is 5.67. The summed E-state index contributed by atoms with van der Waals surface area (Å²) >= 11 is 0. The Labute approximate surface area is 103 Å². The van der Waals surface area contributed by atoms with Gasteiger partial charge in [0.15, 0.2) is 11.2 Å². The monoisotopic (exact) mass is 244 g/mol. The van der Waals surface area contributed by atoms with Crippen molar-refractivity contribution in [1.82, 2.24) is 25.0 Å². The normalized spacial score (nSPS) is 11.2. The first kappa shape index (κ1) is 10.8. The maximum Gasteiger partial charge on any atom is 0.218 e. The summed E-state index contributed by atoms with van der Waals surface area (Å²) in [5, 5.41) is 7.84. The van der Waals surface area contributed by atoms with Crippen molar-refractivity contribution in [3.8, 4) is 0 Å². The molecule has 0 aliphatic rings. The fourth-order valence-corrected chi connectivity index (χ4v) is 1.67. The first-order valence-corrected chi connectivity index (χ1v) is 5.57. The summed E-state index contributed by atoms with van der Waals surface area (Å²) in [6.07, 6.45) is 1.77. The van der Waals surface area contributed by atoms with Crippen LogP contribution in [-0.2, 0) is 13.1 Å². The Morgan fingerprint density at radius 2 is 2.22 bits per heavy atom. The van der Waals surface area contributed by atoms with E-state index in [4.69, 9.17) is 10.2 Å². The number of hydrogen-bond donors (Lipinski definition) is 1. The number of nitrogens with two attached hydrogens (primary N) is 1. The molecule has 0 radical (unpaired) electrons. The lowest BCUT2D eigenvalue weighted by molar-refractivity contribution is 0.485. The highest BCUT2D eigenvalue weighted by Gasteiger charge is 2.08. The van der Waals surface area contributed by atoms with Gasteiger partial charge in [-0.3, -0.25) is 0 Å². The van der Waals surface area contributed by atoms with E-state index in [0.717, 1.165) is 11.4 Å². The SMILES string of the molecule is Cc1ccc2oc(Cn3cc(CN)nn3)nc2n1. The second kappa shape index (κ2) is 4.19. The average molecular weight is 244 g/mol. The Morgan fingerprint density at radius 1 is 1.33 bits per heavy atom. The van der Waals surface area contributed by atoms with Crippen molar-refractivity contribution >= 4 is 11.2 Å². The van der Waals surface area contributed by atoms with Crippen LogP contribution in [0.15, 0.2) is 22.7 Å². The van der Waals surface area contributed by atoms with Crippen LogP contribution in [0.5, 0.6) is 0 Å². The lowest BCUT2D eigenvalue weighted by atomic mass is 10.4. The standard InChI is InChI=1S/C11H12N6O/c1-7-2-3-9-11(13-7)14-10(18-9)6-17-5-8(4-12)15-16-17/h2-3,5H,4,6,12H2,1H3. The summed E-state index contributed by atoms with van der Waals surface area (Å²) in [5.74, 6) is 0.552. The van der Waals surface area contributed by atoms with Crippen LogP contribution in [0.25, 0.3) is 11.2 Å². The summed E-state index contributed by atoms with van der Waals surface area (Å²) in [4.78, 5) is 8.60. The van der Waals surface area contributed by atoms with E-state index in [-0.39, 0.29) is 0 Å². The maximum atomic E-state index is 5.58. The molecule has 0 fully saturated rings. The van der Waals surface area contributed by atoms with Crippen molar-refractivity contribution in [2.45, 2.75) is 20.0 Å². The summed E-state index contributed by atoms with van der Waals surface area (Å²) in [7, 11) is 0. The fourth-order valence-electron chi connectivity index (χ4n) is 1.67. The van der Waals surface area contributed by atoms with Crippen molar-refractivity contribution in [2.24, 2.45) is 5.73 Å². The van der Waals surface area contributed by atoms with Crippen LogP contribution in [0.4, 0.5) is 0 Å². The third kappa shape index (κ3) is 1.95. The Balaban J connectivity index is 1.90. The summed E-state index contributed by atoms with van der Waals surface area (Å²) in [6, 6.07) is 3.75. The number of hydrogen-bond acceptors (Lipinski definition) is 6. The molecular formula is C11H12N6O. The van der Waals surface area contributed by atoms with Gasteiger partial charge in [0, 0.05) is 12.2 Å². The number of nitrogens with zero attached hydrogens (tertiary/aromatic N) is 5. The largest absolute Gasteiger partial charge is 0.437 e. The zero-order valence-corrected chi connectivity index (χ0v) is 9.87. The van der Waals surface area contributed by atoms with Crippen LogP contribution in [0.3, 0.4) is 0 Å². The van der Waals surface area contributed by atoms with Gasteiger partial charge in [0.05, 0.1) is 11.9 Å². The lowest BCUT2D eigenvalue weighted by Gasteiger charge is -1.92. The molecule has 0 aliphatic heterocycles. The van der Waals surface area contributed by atoms with Gasteiger partial charge in [-0.2, -0.15) is 4.98 Å². The molecule has 18 heavy (non-hydrogen) atoms. The first-order valence-electron chi connectivity index (χ1n) is 5.57. The molecule has 0 aliphatic carbocycles. The van der Waals surface area contributed by atoms with E-state index in [1.807, 2.05) is 19.1 Å². The van der Waals surface area contributed by atoms with E-state index in [1.165, 1.54) is 0 Å². The minimum Gasteiger partial charge on any atom is -0.437 e. The Hall–Kier alpha value is -2.28. The summed E-state index contributed by atoms with van der Waals surface area (Å²) in [5.41, 5.74) is 8.41. The highest BCUT2D eigenvalue weighted by Crippen LogP contribution is 2.14. The molecule has 7 nitrogen and oxygen atoms in total. The minimum absolute atomic E-state index is 0.369. The van der Waals surface area contributed by atoms with E-state index in [9.17, 15) is 0 Å². The molecular weight excluding hydrogens is 232 g/mol. The van der Waals surface area contributed by atoms with Gasteiger partial charge in [0.2, 0.25) is 5.89 Å². The van der Waals surface area contributed by atoms with Gasteiger partial charge in [-0.05, 0) is 19.1 Å².